The number of piperazine rings is 2. The minimum atomic E-state index is -4.46. The van der Waals surface area contributed by atoms with Gasteiger partial charge in [0.15, 0.2) is 0 Å². The number of carbonyl (C=O) groups is 4. The number of anilines is 1. The highest BCUT2D eigenvalue weighted by atomic mass is 32.1. The van der Waals surface area contributed by atoms with Gasteiger partial charge in [-0.15, -0.1) is 0 Å². The van der Waals surface area contributed by atoms with Crippen LogP contribution in [0.25, 0.3) is 0 Å². The summed E-state index contributed by atoms with van der Waals surface area (Å²) in [4.78, 5) is 54.6. The molecule has 2 saturated heterocycles. The molecule has 2 atom stereocenters. The van der Waals surface area contributed by atoms with E-state index < -0.39 is 53.2 Å². The summed E-state index contributed by atoms with van der Waals surface area (Å²) in [5.74, 6) is -1.91. The Hall–Kier alpha value is -4.76. The Morgan fingerprint density at radius 3 is 1.54 bits per heavy atom. The molecule has 2 saturated carbocycles. The maximum atomic E-state index is 14.6. The minimum Gasteiger partial charge on any atom is -0.345 e. The van der Waals surface area contributed by atoms with Crippen molar-refractivity contribution in [3.8, 4) is 6.07 Å². The first-order valence-electron chi connectivity index (χ1n) is 17.7. The Morgan fingerprint density at radius 1 is 0.678 bits per heavy atom. The fourth-order valence-electron chi connectivity index (χ4n) is 7.22. The normalized spacial score (nSPS) is 19.5. The summed E-state index contributed by atoms with van der Waals surface area (Å²) in [5, 5.41) is 11.5. The first-order chi connectivity index (χ1) is 26.0. The number of rotatable bonds is 7. The second-order valence-electron chi connectivity index (χ2n) is 14.1. The lowest BCUT2D eigenvalue weighted by Crippen LogP contribution is -2.63. The topological polar surface area (TPSA) is 114 Å². The van der Waals surface area contributed by atoms with Crippen LogP contribution >= 0.6 is 27.0 Å². The lowest BCUT2D eigenvalue weighted by molar-refractivity contribution is -0.150. The van der Waals surface area contributed by atoms with E-state index in [1.165, 1.54) is 46.2 Å². The van der Waals surface area contributed by atoms with Crippen molar-refractivity contribution >= 4 is 56.3 Å². The number of hydrogen-bond acceptors (Lipinski definition) is 5. The zero-order valence-electron chi connectivity index (χ0n) is 30.3. The molecule has 59 heavy (non-hydrogen) atoms. The smallest absolute Gasteiger partial charge is 0.345 e. The van der Waals surface area contributed by atoms with Crippen molar-refractivity contribution in [3.63, 3.8) is 0 Å². The quantitative estimate of drug-likeness (QED) is 0.241. The average molecular weight is 872 g/mol. The summed E-state index contributed by atoms with van der Waals surface area (Å²) < 4.78 is 90.9. The van der Waals surface area contributed by atoms with Gasteiger partial charge in [0.2, 0.25) is 17.7 Å². The van der Waals surface area contributed by atoms with Crippen molar-refractivity contribution in [3.05, 3.63) is 100 Å². The Morgan fingerprint density at radius 2 is 1.14 bits per heavy atom. The lowest BCUT2D eigenvalue weighted by Gasteiger charge is -2.46. The van der Waals surface area contributed by atoms with E-state index in [4.69, 9.17) is 5.26 Å². The van der Waals surface area contributed by atoms with E-state index in [1.807, 2.05) is 6.07 Å². The highest BCUT2D eigenvalue weighted by molar-refractivity contribution is 7.59. The molecule has 2 aliphatic heterocycles. The minimum absolute atomic E-state index is 0. The van der Waals surface area contributed by atoms with E-state index in [2.05, 4.69) is 5.32 Å². The standard InChI is InChI=1S/C23H19F4N3O2.C16H17F3N2O2.2CH4.2H2S/c24-18-10-15(11-28)6-9-19(18)29-13-20(31)30(21(22(29)32)16-2-1-3-16)12-14-4-7-17(8-5-14)23(25,26)27;17-16(18,19)12-6-4-10(5-7-12)9-21-13(22)8-20-15(23)14(21)11-2-1-3-11;;;;/h4-10,16,21H,1-3,12-13H2;4-7,11,14H,1-3,8-9H2,(H,20,23);2*1H4;2*1H2/t21-;14-;;;;/m00..../s1. The Bertz CT molecular complexity index is 1980. The molecule has 0 unspecified atom stereocenters. The van der Waals surface area contributed by atoms with Crippen LogP contribution < -0.4 is 10.2 Å². The number of nitrogens with one attached hydrogen (secondary N) is 1. The zero-order chi connectivity index (χ0) is 39.7. The third-order valence-corrected chi connectivity index (χ3v) is 10.6. The Labute approximate surface area is 352 Å². The van der Waals surface area contributed by atoms with Crippen LogP contribution in [0.5, 0.6) is 0 Å². The predicted molar refractivity (Wildman–Crippen MR) is 217 cm³/mol. The predicted octanol–water partition coefficient (Wildman–Crippen LogP) is 8.09. The molecule has 0 radical (unpaired) electrons. The molecule has 3 aromatic carbocycles. The molecular weight excluding hydrogens is 824 g/mol. The van der Waals surface area contributed by atoms with Gasteiger partial charge in [-0.25, -0.2) is 4.39 Å². The molecule has 2 aliphatic carbocycles. The fraction of sp³-hybridized carbons (Fsp3) is 0.439. The highest BCUT2D eigenvalue weighted by Gasteiger charge is 2.46. The number of nitrogens with zero attached hydrogens (tertiary/aromatic N) is 4. The third kappa shape index (κ3) is 11.3. The number of carbonyl (C=O) groups excluding carboxylic acids is 4. The lowest BCUT2D eigenvalue weighted by atomic mass is 9.77. The molecule has 3 aromatic rings. The van der Waals surface area contributed by atoms with E-state index in [9.17, 15) is 49.9 Å². The summed E-state index contributed by atoms with van der Waals surface area (Å²) in [6, 6.07) is 13.4. The largest absolute Gasteiger partial charge is 0.416 e. The number of halogens is 7. The first-order valence-corrected chi connectivity index (χ1v) is 17.7. The van der Waals surface area contributed by atoms with Gasteiger partial charge < -0.3 is 15.1 Å². The summed E-state index contributed by atoms with van der Waals surface area (Å²) in [6.07, 6.45) is -3.64. The van der Waals surface area contributed by atoms with Gasteiger partial charge in [0.05, 0.1) is 35.0 Å². The average Bonchev–Trinajstić information content (AvgIpc) is 3.09. The van der Waals surface area contributed by atoms with Crippen molar-refractivity contribution in [2.45, 2.75) is 90.9 Å². The molecular formula is C41H48F7N5O4S2. The molecule has 0 spiro atoms. The molecule has 4 amide bonds. The van der Waals surface area contributed by atoms with Crippen LogP contribution in [-0.4, -0.2) is 58.6 Å². The van der Waals surface area contributed by atoms with Crippen molar-refractivity contribution in [1.82, 2.24) is 15.1 Å². The molecule has 322 valence electrons. The van der Waals surface area contributed by atoms with Crippen LogP contribution in [0.15, 0.2) is 66.7 Å². The SMILES string of the molecule is C.C.N#Cc1ccc(N2CC(=O)N(Cc3ccc(C(F)(F)F)cc3)[C@@H](C3CCC3)C2=O)c(F)c1.O=C1NCC(=O)N(Cc2ccc(C(F)(F)F)cc2)[C@H]1C1CCC1.S.S. The summed E-state index contributed by atoms with van der Waals surface area (Å²) >= 11 is 0. The van der Waals surface area contributed by atoms with Crippen molar-refractivity contribution in [2.75, 3.05) is 18.0 Å². The molecule has 18 heteroatoms. The zero-order valence-corrected chi connectivity index (χ0v) is 32.3. The molecule has 0 bridgehead atoms. The van der Waals surface area contributed by atoms with Gasteiger partial charge in [-0.3, -0.25) is 24.1 Å². The second-order valence-corrected chi connectivity index (χ2v) is 14.1. The fourth-order valence-corrected chi connectivity index (χ4v) is 7.22. The van der Waals surface area contributed by atoms with Crippen LogP contribution in [0, 0.1) is 29.0 Å². The second kappa shape index (κ2) is 20.5. The molecule has 0 aromatic heterocycles. The van der Waals surface area contributed by atoms with Gasteiger partial charge in [-0.2, -0.15) is 58.6 Å². The molecule has 2 heterocycles. The monoisotopic (exact) mass is 871 g/mol. The molecule has 4 fully saturated rings. The van der Waals surface area contributed by atoms with Crippen LogP contribution in [0.3, 0.4) is 0 Å². The number of hydrogen-bond donors (Lipinski definition) is 1. The van der Waals surface area contributed by atoms with Crippen LogP contribution in [0.4, 0.5) is 36.4 Å². The van der Waals surface area contributed by atoms with Crippen molar-refractivity contribution < 1.29 is 49.9 Å². The Balaban J connectivity index is 0.000000398. The van der Waals surface area contributed by atoms with E-state index in [-0.39, 0.29) is 103 Å². The third-order valence-electron chi connectivity index (χ3n) is 10.6. The number of alkyl halides is 6. The first kappa shape index (κ1) is 50.4. The van der Waals surface area contributed by atoms with Gasteiger partial charge in [0.1, 0.15) is 24.4 Å². The van der Waals surface area contributed by atoms with Gasteiger partial charge in [-0.1, -0.05) is 52.0 Å². The number of amides is 4. The highest BCUT2D eigenvalue weighted by Crippen LogP contribution is 2.38. The number of nitriles is 1. The maximum absolute atomic E-state index is 14.6. The van der Waals surface area contributed by atoms with E-state index in [0.717, 1.165) is 73.8 Å². The Kier molecular flexibility index (Phi) is 17.5. The van der Waals surface area contributed by atoms with Gasteiger partial charge >= 0.3 is 12.4 Å². The van der Waals surface area contributed by atoms with Crippen molar-refractivity contribution in [1.29, 1.82) is 5.26 Å². The van der Waals surface area contributed by atoms with Gasteiger partial charge in [0.25, 0.3) is 5.91 Å². The van der Waals surface area contributed by atoms with Crippen LogP contribution in [-0.2, 0) is 44.6 Å². The number of benzene rings is 3. The van der Waals surface area contributed by atoms with E-state index in [0.29, 0.717) is 11.1 Å². The molecule has 9 nitrogen and oxygen atoms in total. The van der Waals surface area contributed by atoms with E-state index >= 15 is 0 Å². The molecule has 7 rings (SSSR count). The van der Waals surface area contributed by atoms with Gasteiger partial charge in [-0.05, 0) is 91.1 Å². The van der Waals surface area contributed by atoms with Gasteiger partial charge in [0, 0.05) is 13.1 Å². The van der Waals surface area contributed by atoms with Crippen LogP contribution in [0.2, 0.25) is 0 Å². The molecule has 1 N–H and O–H groups in total. The summed E-state index contributed by atoms with van der Waals surface area (Å²) in [5.41, 5.74) is -0.422. The summed E-state index contributed by atoms with van der Waals surface area (Å²) in [7, 11) is 0. The summed E-state index contributed by atoms with van der Waals surface area (Å²) in [6.45, 7) is -0.284. The van der Waals surface area contributed by atoms with Crippen LogP contribution in [0.1, 0.15) is 81.2 Å². The van der Waals surface area contributed by atoms with Crippen molar-refractivity contribution in [2.24, 2.45) is 11.8 Å². The van der Waals surface area contributed by atoms with E-state index in [1.54, 1.807) is 0 Å². The molecule has 4 aliphatic rings. The maximum Gasteiger partial charge on any atom is 0.416 e.